The van der Waals surface area contributed by atoms with Gasteiger partial charge in [-0.15, -0.1) is 0 Å². The summed E-state index contributed by atoms with van der Waals surface area (Å²) in [5.41, 5.74) is 1.36. The molecular weight excluding hydrogens is 244 g/mol. The highest BCUT2D eigenvalue weighted by atomic mass is 32.1. The fraction of sp³-hybridized carbons (Fsp3) is 0.357. The Hall–Kier alpha value is -1.23. The molecule has 1 fully saturated rings. The van der Waals surface area contributed by atoms with Gasteiger partial charge in [-0.2, -0.15) is 4.37 Å². The Bertz CT molecular complexity index is 500. The summed E-state index contributed by atoms with van der Waals surface area (Å²) in [6.07, 6.45) is 0.767. The van der Waals surface area contributed by atoms with Gasteiger partial charge in [-0.1, -0.05) is 30.3 Å². The summed E-state index contributed by atoms with van der Waals surface area (Å²) in [6.45, 7) is 2.49. The first-order valence-electron chi connectivity index (χ1n) is 6.16. The first kappa shape index (κ1) is 11.8. The van der Waals surface area contributed by atoms with E-state index in [0.29, 0.717) is 6.54 Å². The molecule has 1 unspecified atom stereocenters. The molecule has 2 aromatic rings. The van der Waals surface area contributed by atoms with Crippen LogP contribution in [0.15, 0.2) is 41.8 Å². The minimum atomic E-state index is -0.755. The van der Waals surface area contributed by atoms with E-state index in [-0.39, 0.29) is 0 Å². The number of likely N-dealkylation sites (tertiary alicyclic amines) is 1. The molecular formula is C14H16N2OS. The molecule has 1 aliphatic rings. The van der Waals surface area contributed by atoms with Crippen LogP contribution in [0, 0.1) is 0 Å². The van der Waals surface area contributed by atoms with Crippen molar-refractivity contribution in [2.45, 2.75) is 18.6 Å². The second-order valence-electron chi connectivity index (χ2n) is 4.86. The van der Waals surface area contributed by atoms with Gasteiger partial charge in [0.05, 0.1) is 5.69 Å². The highest BCUT2D eigenvalue weighted by Gasteiger charge is 2.38. The van der Waals surface area contributed by atoms with E-state index in [1.165, 1.54) is 17.1 Å². The van der Waals surface area contributed by atoms with Crippen LogP contribution in [0.25, 0.3) is 0 Å². The number of aliphatic hydroxyl groups is 1. The van der Waals surface area contributed by atoms with Gasteiger partial charge in [0, 0.05) is 25.0 Å². The normalized spacial score (nSPS) is 24.5. The van der Waals surface area contributed by atoms with Crippen molar-refractivity contribution in [3.8, 4) is 0 Å². The molecule has 1 aromatic heterocycles. The first-order valence-corrected chi connectivity index (χ1v) is 6.99. The number of rotatable bonds is 3. The molecule has 1 aliphatic heterocycles. The van der Waals surface area contributed by atoms with Crippen LogP contribution in [0.4, 0.5) is 0 Å². The number of hydrogen-bond donors (Lipinski definition) is 1. The average molecular weight is 260 g/mol. The van der Waals surface area contributed by atoms with Crippen molar-refractivity contribution >= 4 is 11.5 Å². The van der Waals surface area contributed by atoms with Gasteiger partial charge in [0.25, 0.3) is 0 Å². The zero-order chi connectivity index (χ0) is 12.4. The maximum absolute atomic E-state index is 10.6. The van der Waals surface area contributed by atoms with Gasteiger partial charge in [-0.05, 0) is 29.6 Å². The highest BCUT2D eigenvalue weighted by molar-refractivity contribution is 7.03. The van der Waals surface area contributed by atoms with Crippen molar-refractivity contribution in [3.05, 3.63) is 53.0 Å². The van der Waals surface area contributed by atoms with E-state index in [2.05, 4.69) is 33.5 Å². The Morgan fingerprint density at radius 3 is 2.83 bits per heavy atom. The van der Waals surface area contributed by atoms with Gasteiger partial charge >= 0.3 is 0 Å². The van der Waals surface area contributed by atoms with Gasteiger partial charge in [-0.25, -0.2) is 0 Å². The van der Waals surface area contributed by atoms with E-state index in [1.807, 2.05) is 17.5 Å². The zero-order valence-corrected chi connectivity index (χ0v) is 10.9. The molecule has 1 atom stereocenters. The summed E-state index contributed by atoms with van der Waals surface area (Å²) >= 11 is 1.40. The predicted octanol–water partition coefficient (Wildman–Crippen LogP) is 2.24. The van der Waals surface area contributed by atoms with Crippen LogP contribution in [-0.4, -0.2) is 27.5 Å². The van der Waals surface area contributed by atoms with Crippen molar-refractivity contribution in [2.24, 2.45) is 0 Å². The summed E-state index contributed by atoms with van der Waals surface area (Å²) in [6, 6.07) is 12.3. The molecule has 0 bridgehead atoms. The van der Waals surface area contributed by atoms with E-state index in [4.69, 9.17) is 0 Å². The standard InChI is InChI=1S/C14H16N2OS/c17-14(13-6-9-18-15-13)7-8-16(11-14)10-12-4-2-1-3-5-12/h1-6,9,17H,7-8,10-11H2. The summed E-state index contributed by atoms with van der Waals surface area (Å²) in [7, 11) is 0. The molecule has 3 nitrogen and oxygen atoms in total. The molecule has 2 heterocycles. The maximum Gasteiger partial charge on any atom is 0.121 e. The second-order valence-corrected chi connectivity index (χ2v) is 5.53. The lowest BCUT2D eigenvalue weighted by Crippen LogP contribution is -2.30. The van der Waals surface area contributed by atoms with Gasteiger partial charge < -0.3 is 5.11 Å². The second kappa shape index (κ2) is 4.80. The minimum Gasteiger partial charge on any atom is -0.382 e. The van der Waals surface area contributed by atoms with Crippen LogP contribution in [0.2, 0.25) is 0 Å². The van der Waals surface area contributed by atoms with Crippen LogP contribution < -0.4 is 0 Å². The van der Waals surface area contributed by atoms with Gasteiger partial charge in [-0.3, -0.25) is 4.90 Å². The van der Waals surface area contributed by atoms with E-state index in [0.717, 1.165) is 25.2 Å². The van der Waals surface area contributed by atoms with Crippen LogP contribution in [-0.2, 0) is 12.1 Å². The fourth-order valence-electron chi connectivity index (χ4n) is 2.51. The van der Waals surface area contributed by atoms with E-state index in [9.17, 15) is 5.11 Å². The lowest BCUT2D eigenvalue weighted by molar-refractivity contribution is 0.0419. The van der Waals surface area contributed by atoms with Crippen molar-refractivity contribution in [1.82, 2.24) is 9.27 Å². The first-order chi connectivity index (χ1) is 8.76. The molecule has 3 rings (SSSR count). The lowest BCUT2D eigenvalue weighted by Gasteiger charge is -2.21. The van der Waals surface area contributed by atoms with Gasteiger partial charge in [0.2, 0.25) is 0 Å². The van der Waals surface area contributed by atoms with Crippen LogP contribution in [0.5, 0.6) is 0 Å². The Morgan fingerprint density at radius 2 is 2.11 bits per heavy atom. The maximum atomic E-state index is 10.6. The van der Waals surface area contributed by atoms with Crippen molar-refractivity contribution < 1.29 is 5.11 Å². The van der Waals surface area contributed by atoms with E-state index < -0.39 is 5.60 Å². The smallest absolute Gasteiger partial charge is 0.121 e. The number of aromatic nitrogens is 1. The molecule has 94 valence electrons. The molecule has 0 spiro atoms. The summed E-state index contributed by atoms with van der Waals surface area (Å²) in [5, 5.41) is 12.5. The van der Waals surface area contributed by atoms with Crippen LogP contribution in [0.1, 0.15) is 17.7 Å². The molecule has 0 saturated carbocycles. The van der Waals surface area contributed by atoms with Gasteiger partial charge in [0.15, 0.2) is 0 Å². The monoisotopic (exact) mass is 260 g/mol. The quantitative estimate of drug-likeness (QED) is 0.919. The van der Waals surface area contributed by atoms with Crippen molar-refractivity contribution in [1.29, 1.82) is 0 Å². The Labute approximate surface area is 111 Å². The molecule has 1 aromatic carbocycles. The topological polar surface area (TPSA) is 36.4 Å². The largest absolute Gasteiger partial charge is 0.382 e. The predicted molar refractivity (Wildman–Crippen MR) is 72.3 cm³/mol. The molecule has 0 amide bonds. The van der Waals surface area contributed by atoms with Crippen molar-refractivity contribution in [3.63, 3.8) is 0 Å². The SMILES string of the molecule is OC1(c2ccsn2)CCN(Cc2ccccc2)C1. The third-order valence-corrected chi connectivity index (χ3v) is 4.05. The molecule has 0 radical (unpaired) electrons. The number of benzene rings is 1. The Morgan fingerprint density at radius 1 is 1.28 bits per heavy atom. The molecule has 18 heavy (non-hydrogen) atoms. The van der Waals surface area contributed by atoms with E-state index >= 15 is 0 Å². The van der Waals surface area contributed by atoms with Crippen LogP contribution >= 0.6 is 11.5 Å². The number of β-amino-alcohol motifs (C(OH)–C–C–N with tert-alkyl or cyclic N) is 1. The fourth-order valence-corrected chi connectivity index (χ4v) is 3.10. The number of nitrogens with zero attached hydrogens (tertiary/aromatic N) is 2. The molecule has 0 aliphatic carbocycles. The van der Waals surface area contributed by atoms with Gasteiger partial charge in [0.1, 0.15) is 5.60 Å². The average Bonchev–Trinajstić information content (AvgIpc) is 3.01. The Balaban J connectivity index is 1.69. The Kier molecular flexibility index (Phi) is 3.16. The summed E-state index contributed by atoms with van der Waals surface area (Å²) in [4.78, 5) is 2.29. The molecule has 4 heteroatoms. The highest BCUT2D eigenvalue weighted by Crippen LogP contribution is 2.32. The zero-order valence-electron chi connectivity index (χ0n) is 10.1. The summed E-state index contributed by atoms with van der Waals surface area (Å²) in [5.74, 6) is 0. The third-order valence-electron chi connectivity index (χ3n) is 3.49. The molecule has 1 saturated heterocycles. The number of hydrogen-bond acceptors (Lipinski definition) is 4. The summed E-state index contributed by atoms with van der Waals surface area (Å²) < 4.78 is 4.28. The third kappa shape index (κ3) is 2.32. The van der Waals surface area contributed by atoms with Crippen molar-refractivity contribution in [2.75, 3.05) is 13.1 Å². The lowest BCUT2D eigenvalue weighted by atomic mass is 9.99. The van der Waals surface area contributed by atoms with Crippen LogP contribution in [0.3, 0.4) is 0 Å². The minimum absolute atomic E-state index is 0.672. The van der Waals surface area contributed by atoms with E-state index in [1.54, 1.807) is 0 Å². The molecule has 1 N–H and O–H groups in total.